The molecule has 0 saturated carbocycles. The van der Waals surface area contributed by atoms with Crippen molar-refractivity contribution in [1.82, 2.24) is 9.88 Å². The van der Waals surface area contributed by atoms with Gasteiger partial charge in [-0.2, -0.15) is 0 Å². The standard InChI is InChI=1S/C13H15ClN2O5/c1-8-4-10(14)9(5-15-8)13(19)16(6-11(17)20-2)7-12(18)21-3/h4-5H,6-7H2,1-3H3. The third-order valence-corrected chi connectivity index (χ3v) is 2.92. The van der Waals surface area contributed by atoms with E-state index < -0.39 is 30.9 Å². The molecule has 7 nitrogen and oxygen atoms in total. The Morgan fingerprint density at radius 2 is 1.71 bits per heavy atom. The van der Waals surface area contributed by atoms with Crippen LogP contribution in [0.2, 0.25) is 5.02 Å². The molecule has 1 amide bonds. The van der Waals surface area contributed by atoms with Crippen LogP contribution in [0, 0.1) is 6.92 Å². The Bertz CT molecular complexity index is 543. The Balaban J connectivity index is 3.02. The lowest BCUT2D eigenvalue weighted by Gasteiger charge is -2.20. The summed E-state index contributed by atoms with van der Waals surface area (Å²) < 4.78 is 9.00. The molecule has 1 rings (SSSR count). The number of carbonyl (C=O) groups is 3. The molecule has 0 unspecified atom stereocenters. The van der Waals surface area contributed by atoms with Gasteiger partial charge in [-0.15, -0.1) is 0 Å². The van der Waals surface area contributed by atoms with Crippen LogP contribution in [0.5, 0.6) is 0 Å². The number of aryl methyl sites for hydroxylation is 1. The van der Waals surface area contributed by atoms with Gasteiger partial charge in [0.15, 0.2) is 0 Å². The molecule has 0 aliphatic rings. The molecule has 114 valence electrons. The van der Waals surface area contributed by atoms with Crippen LogP contribution in [0.4, 0.5) is 0 Å². The summed E-state index contributed by atoms with van der Waals surface area (Å²) in [5, 5.41) is 0.187. The van der Waals surface area contributed by atoms with E-state index in [1.54, 1.807) is 6.92 Å². The van der Waals surface area contributed by atoms with Crippen molar-refractivity contribution >= 4 is 29.4 Å². The summed E-state index contributed by atoms with van der Waals surface area (Å²) in [4.78, 5) is 40.0. The van der Waals surface area contributed by atoms with Crippen LogP contribution in [0.1, 0.15) is 16.1 Å². The van der Waals surface area contributed by atoms with Crippen LogP contribution in [0.25, 0.3) is 0 Å². The van der Waals surface area contributed by atoms with Gasteiger partial charge in [-0.25, -0.2) is 0 Å². The molecule has 21 heavy (non-hydrogen) atoms. The van der Waals surface area contributed by atoms with Crippen LogP contribution >= 0.6 is 11.6 Å². The Morgan fingerprint density at radius 1 is 1.19 bits per heavy atom. The molecule has 0 fully saturated rings. The number of methoxy groups -OCH3 is 2. The SMILES string of the molecule is COC(=O)CN(CC(=O)OC)C(=O)c1cnc(C)cc1Cl. The highest BCUT2D eigenvalue weighted by molar-refractivity contribution is 6.33. The number of halogens is 1. The second-order valence-corrected chi connectivity index (χ2v) is 4.53. The number of esters is 2. The fraction of sp³-hybridized carbons (Fsp3) is 0.385. The summed E-state index contributed by atoms with van der Waals surface area (Å²) in [7, 11) is 2.37. The molecule has 0 aliphatic carbocycles. The van der Waals surface area contributed by atoms with Gasteiger partial charge in [0.1, 0.15) is 13.1 Å². The Labute approximate surface area is 126 Å². The van der Waals surface area contributed by atoms with Crippen molar-refractivity contribution in [3.05, 3.63) is 28.5 Å². The highest BCUT2D eigenvalue weighted by atomic mass is 35.5. The number of hydrogen-bond acceptors (Lipinski definition) is 6. The van der Waals surface area contributed by atoms with Crippen LogP contribution in [0.3, 0.4) is 0 Å². The lowest BCUT2D eigenvalue weighted by Crippen LogP contribution is -2.40. The van der Waals surface area contributed by atoms with Gasteiger partial charge in [0.25, 0.3) is 5.91 Å². The zero-order valence-electron chi connectivity index (χ0n) is 11.9. The zero-order chi connectivity index (χ0) is 16.0. The van der Waals surface area contributed by atoms with Gasteiger partial charge in [0.2, 0.25) is 0 Å². The van der Waals surface area contributed by atoms with Gasteiger partial charge in [-0.3, -0.25) is 19.4 Å². The minimum atomic E-state index is -0.663. The normalized spacial score (nSPS) is 9.90. The number of rotatable bonds is 5. The first kappa shape index (κ1) is 16.9. The molecule has 0 atom stereocenters. The molecule has 1 heterocycles. The Morgan fingerprint density at radius 3 is 2.14 bits per heavy atom. The lowest BCUT2D eigenvalue weighted by molar-refractivity contribution is -0.144. The molecule has 1 aromatic heterocycles. The van der Waals surface area contributed by atoms with Crippen LogP contribution in [-0.4, -0.2) is 55.0 Å². The molecule has 0 radical (unpaired) electrons. The quantitative estimate of drug-likeness (QED) is 0.748. The number of carbonyl (C=O) groups excluding carboxylic acids is 3. The number of pyridine rings is 1. The minimum Gasteiger partial charge on any atom is -0.468 e. The van der Waals surface area contributed by atoms with E-state index in [1.165, 1.54) is 26.5 Å². The van der Waals surface area contributed by atoms with Crippen molar-refractivity contribution in [3.8, 4) is 0 Å². The largest absolute Gasteiger partial charge is 0.468 e. The molecule has 0 bridgehead atoms. The summed E-state index contributed by atoms with van der Waals surface area (Å²) in [5.41, 5.74) is 0.735. The van der Waals surface area contributed by atoms with E-state index >= 15 is 0 Å². The van der Waals surface area contributed by atoms with Gasteiger partial charge >= 0.3 is 11.9 Å². The summed E-state index contributed by atoms with van der Waals surface area (Å²) in [5.74, 6) is -1.94. The second kappa shape index (κ2) is 7.58. The first-order valence-corrected chi connectivity index (χ1v) is 6.32. The number of amides is 1. The molecule has 8 heteroatoms. The van der Waals surface area contributed by atoms with E-state index in [2.05, 4.69) is 14.5 Å². The molecular weight excluding hydrogens is 300 g/mol. The molecule has 1 aromatic rings. The average molecular weight is 315 g/mol. The van der Waals surface area contributed by atoms with Crippen molar-refractivity contribution < 1.29 is 23.9 Å². The first-order chi connectivity index (χ1) is 9.88. The van der Waals surface area contributed by atoms with Gasteiger partial charge < -0.3 is 14.4 Å². The van der Waals surface area contributed by atoms with Gasteiger partial charge in [0.05, 0.1) is 24.8 Å². The Hall–Kier alpha value is -2.15. The number of hydrogen-bond donors (Lipinski definition) is 0. The minimum absolute atomic E-state index is 0.0927. The fourth-order valence-corrected chi connectivity index (χ4v) is 1.78. The monoisotopic (exact) mass is 314 g/mol. The Kier molecular flexibility index (Phi) is 6.10. The predicted octanol–water partition coefficient (Wildman–Crippen LogP) is 0.832. The molecule has 0 spiro atoms. The van der Waals surface area contributed by atoms with Crippen molar-refractivity contribution in [2.75, 3.05) is 27.3 Å². The topological polar surface area (TPSA) is 85.8 Å². The molecule has 0 saturated heterocycles. The summed E-state index contributed by atoms with van der Waals surface area (Å²) >= 11 is 5.99. The molecule has 0 N–H and O–H groups in total. The summed E-state index contributed by atoms with van der Waals surface area (Å²) in [6, 6.07) is 1.52. The fourth-order valence-electron chi connectivity index (χ4n) is 1.49. The van der Waals surface area contributed by atoms with Gasteiger partial charge in [-0.1, -0.05) is 11.6 Å². The highest BCUT2D eigenvalue weighted by Crippen LogP contribution is 2.17. The smallest absolute Gasteiger partial charge is 0.325 e. The number of aromatic nitrogens is 1. The van der Waals surface area contributed by atoms with Crippen molar-refractivity contribution in [1.29, 1.82) is 0 Å². The van der Waals surface area contributed by atoms with Gasteiger partial charge in [-0.05, 0) is 13.0 Å². The summed E-state index contributed by atoms with van der Waals surface area (Å²) in [6.07, 6.45) is 1.29. The van der Waals surface area contributed by atoms with Crippen LogP contribution in [-0.2, 0) is 19.1 Å². The molecule has 0 aromatic carbocycles. The van der Waals surface area contributed by atoms with E-state index in [1.807, 2.05) is 0 Å². The van der Waals surface area contributed by atoms with E-state index in [4.69, 9.17) is 11.6 Å². The predicted molar refractivity (Wildman–Crippen MR) is 73.9 cm³/mol. The van der Waals surface area contributed by atoms with Gasteiger partial charge in [0, 0.05) is 11.9 Å². The van der Waals surface area contributed by atoms with Crippen molar-refractivity contribution in [2.24, 2.45) is 0 Å². The lowest BCUT2D eigenvalue weighted by atomic mass is 10.2. The maximum absolute atomic E-state index is 12.4. The molecule has 0 aliphatic heterocycles. The van der Waals surface area contributed by atoms with Crippen molar-refractivity contribution in [2.45, 2.75) is 6.92 Å². The number of nitrogens with zero attached hydrogens (tertiary/aromatic N) is 2. The number of ether oxygens (including phenoxy) is 2. The van der Waals surface area contributed by atoms with Crippen molar-refractivity contribution in [3.63, 3.8) is 0 Å². The second-order valence-electron chi connectivity index (χ2n) is 4.12. The van der Waals surface area contributed by atoms with Crippen LogP contribution in [0.15, 0.2) is 12.3 Å². The summed E-state index contributed by atoms with van der Waals surface area (Å²) in [6.45, 7) is 0.935. The average Bonchev–Trinajstić information content (AvgIpc) is 2.45. The zero-order valence-corrected chi connectivity index (χ0v) is 12.6. The highest BCUT2D eigenvalue weighted by Gasteiger charge is 2.24. The third-order valence-electron chi connectivity index (χ3n) is 2.60. The van der Waals surface area contributed by atoms with E-state index in [0.717, 1.165) is 4.90 Å². The third kappa shape index (κ3) is 4.71. The van der Waals surface area contributed by atoms with E-state index in [-0.39, 0.29) is 10.6 Å². The maximum Gasteiger partial charge on any atom is 0.325 e. The first-order valence-electron chi connectivity index (χ1n) is 5.94. The van der Waals surface area contributed by atoms with E-state index in [9.17, 15) is 14.4 Å². The van der Waals surface area contributed by atoms with Crippen LogP contribution < -0.4 is 0 Å². The maximum atomic E-state index is 12.4. The van der Waals surface area contributed by atoms with E-state index in [0.29, 0.717) is 5.69 Å². The molecular formula is C13H15ClN2O5.